The Hall–Kier alpha value is -0.613. The standard InChI is InChI=1S/C8H14O3Si/c1-3-8(9)11-12(2)7-5-4-6-10-12/h3H,1,4-7H2,2H3. The van der Waals surface area contributed by atoms with Crippen LogP contribution < -0.4 is 0 Å². The third-order valence-corrected chi connectivity index (χ3v) is 4.63. The Kier molecular flexibility index (Phi) is 3.05. The van der Waals surface area contributed by atoms with E-state index in [0.29, 0.717) is 0 Å². The van der Waals surface area contributed by atoms with Crippen LogP contribution in [0.2, 0.25) is 12.6 Å². The molecular weight excluding hydrogens is 172 g/mol. The second-order valence-corrected chi connectivity index (χ2v) is 6.33. The molecule has 0 radical (unpaired) electrons. The maximum atomic E-state index is 10.9. The van der Waals surface area contributed by atoms with Gasteiger partial charge in [-0.25, -0.2) is 4.79 Å². The molecule has 0 aliphatic carbocycles. The maximum Gasteiger partial charge on any atom is 0.398 e. The van der Waals surface area contributed by atoms with Crippen molar-refractivity contribution in [3.05, 3.63) is 12.7 Å². The largest absolute Gasteiger partial charge is 0.491 e. The first-order valence-corrected chi connectivity index (χ1v) is 6.68. The molecular formula is C8H14O3Si. The van der Waals surface area contributed by atoms with Gasteiger partial charge in [0.05, 0.1) is 0 Å². The topological polar surface area (TPSA) is 35.5 Å². The third kappa shape index (κ3) is 2.46. The molecule has 0 saturated carbocycles. The van der Waals surface area contributed by atoms with Gasteiger partial charge < -0.3 is 8.85 Å². The second kappa shape index (κ2) is 3.87. The number of hydrogen-bond donors (Lipinski definition) is 0. The number of rotatable bonds is 2. The van der Waals surface area contributed by atoms with Gasteiger partial charge in [-0.2, -0.15) is 0 Å². The molecule has 1 unspecified atom stereocenters. The number of hydrogen-bond acceptors (Lipinski definition) is 3. The Labute approximate surface area is 73.6 Å². The summed E-state index contributed by atoms with van der Waals surface area (Å²) < 4.78 is 10.7. The van der Waals surface area contributed by atoms with Crippen LogP contribution in [0, 0.1) is 0 Å². The van der Waals surface area contributed by atoms with E-state index in [2.05, 4.69) is 6.58 Å². The fourth-order valence-electron chi connectivity index (χ4n) is 1.24. The number of carbonyl (C=O) groups is 1. The zero-order chi connectivity index (χ0) is 9.03. The zero-order valence-corrected chi connectivity index (χ0v) is 8.34. The van der Waals surface area contributed by atoms with E-state index in [9.17, 15) is 4.79 Å². The summed E-state index contributed by atoms with van der Waals surface area (Å²) >= 11 is 0. The van der Waals surface area contributed by atoms with Crippen LogP contribution in [-0.2, 0) is 13.6 Å². The van der Waals surface area contributed by atoms with Crippen molar-refractivity contribution in [1.29, 1.82) is 0 Å². The van der Waals surface area contributed by atoms with Gasteiger partial charge in [0.1, 0.15) is 0 Å². The van der Waals surface area contributed by atoms with E-state index in [1.165, 1.54) is 6.08 Å². The predicted octanol–water partition coefficient (Wildman–Crippen LogP) is 1.60. The lowest BCUT2D eigenvalue weighted by atomic mass is 10.4. The molecule has 12 heavy (non-hydrogen) atoms. The minimum absolute atomic E-state index is 0.355. The summed E-state index contributed by atoms with van der Waals surface area (Å²) in [6.45, 7) is 6.00. The van der Waals surface area contributed by atoms with E-state index in [4.69, 9.17) is 8.85 Å². The van der Waals surface area contributed by atoms with Crippen molar-refractivity contribution in [2.75, 3.05) is 6.61 Å². The van der Waals surface area contributed by atoms with Crippen molar-refractivity contribution >= 4 is 14.5 Å². The van der Waals surface area contributed by atoms with Crippen molar-refractivity contribution in [1.82, 2.24) is 0 Å². The zero-order valence-electron chi connectivity index (χ0n) is 7.34. The minimum atomic E-state index is -2.14. The summed E-state index contributed by atoms with van der Waals surface area (Å²) in [5, 5.41) is 0. The molecule has 1 aliphatic heterocycles. The third-order valence-electron chi connectivity index (χ3n) is 1.92. The molecule has 1 atom stereocenters. The van der Waals surface area contributed by atoms with Gasteiger partial charge in [-0.1, -0.05) is 6.58 Å². The first kappa shape index (κ1) is 9.47. The van der Waals surface area contributed by atoms with Crippen molar-refractivity contribution in [2.24, 2.45) is 0 Å². The minimum Gasteiger partial charge on any atom is -0.491 e. The molecule has 0 aromatic heterocycles. The van der Waals surface area contributed by atoms with Crippen LogP contribution in [0.25, 0.3) is 0 Å². The molecule has 1 heterocycles. The first-order valence-electron chi connectivity index (χ1n) is 4.16. The highest BCUT2D eigenvalue weighted by Crippen LogP contribution is 2.22. The van der Waals surface area contributed by atoms with Gasteiger partial charge in [0.2, 0.25) is 0 Å². The molecule has 1 aliphatic rings. The summed E-state index contributed by atoms with van der Waals surface area (Å²) in [5.41, 5.74) is 0. The summed E-state index contributed by atoms with van der Waals surface area (Å²) in [4.78, 5) is 10.9. The molecule has 0 aromatic carbocycles. The lowest BCUT2D eigenvalue weighted by Crippen LogP contribution is -2.42. The predicted molar refractivity (Wildman–Crippen MR) is 47.9 cm³/mol. The molecule has 1 saturated heterocycles. The molecule has 1 rings (SSSR count). The van der Waals surface area contributed by atoms with Crippen LogP contribution in [0.4, 0.5) is 0 Å². The second-order valence-electron chi connectivity index (χ2n) is 3.06. The first-order chi connectivity index (χ1) is 5.66. The van der Waals surface area contributed by atoms with Crippen molar-refractivity contribution in [3.63, 3.8) is 0 Å². The SMILES string of the molecule is C=CC(=O)O[Si]1(C)CCCCO1. The summed E-state index contributed by atoms with van der Waals surface area (Å²) in [5.74, 6) is -0.355. The average Bonchev–Trinajstić information content (AvgIpc) is 2.05. The van der Waals surface area contributed by atoms with Gasteiger partial charge in [0, 0.05) is 18.7 Å². The van der Waals surface area contributed by atoms with Crippen molar-refractivity contribution in [2.45, 2.75) is 25.4 Å². The molecule has 1 fully saturated rings. The Morgan fingerprint density at radius 2 is 2.42 bits per heavy atom. The van der Waals surface area contributed by atoms with E-state index in [-0.39, 0.29) is 5.97 Å². The molecule has 0 aromatic rings. The van der Waals surface area contributed by atoms with Crippen molar-refractivity contribution in [3.8, 4) is 0 Å². The van der Waals surface area contributed by atoms with Gasteiger partial charge >= 0.3 is 14.5 Å². The molecule has 0 spiro atoms. The van der Waals surface area contributed by atoms with Gasteiger partial charge in [-0.05, 0) is 19.4 Å². The van der Waals surface area contributed by atoms with Crippen molar-refractivity contribution < 1.29 is 13.6 Å². The van der Waals surface area contributed by atoms with E-state index >= 15 is 0 Å². The van der Waals surface area contributed by atoms with Gasteiger partial charge in [0.25, 0.3) is 0 Å². The summed E-state index contributed by atoms with van der Waals surface area (Å²) in [7, 11) is -2.14. The highest BCUT2D eigenvalue weighted by molar-refractivity contribution is 6.67. The van der Waals surface area contributed by atoms with Crippen LogP contribution in [0.3, 0.4) is 0 Å². The van der Waals surface area contributed by atoms with Gasteiger partial charge in [0.15, 0.2) is 0 Å². The van der Waals surface area contributed by atoms with Crippen LogP contribution in [-0.4, -0.2) is 21.1 Å². The average molecular weight is 186 g/mol. The highest BCUT2D eigenvalue weighted by Gasteiger charge is 2.36. The Morgan fingerprint density at radius 1 is 1.67 bits per heavy atom. The quantitative estimate of drug-likeness (QED) is 0.485. The van der Waals surface area contributed by atoms with Crippen LogP contribution in [0.1, 0.15) is 12.8 Å². The monoisotopic (exact) mass is 186 g/mol. The van der Waals surface area contributed by atoms with E-state index in [1.54, 1.807) is 0 Å². The smallest absolute Gasteiger partial charge is 0.398 e. The Balaban J connectivity index is 2.46. The van der Waals surface area contributed by atoms with Crippen LogP contribution in [0.15, 0.2) is 12.7 Å². The number of carbonyl (C=O) groups excluding carboxylic acids is 1. The normalized spacial score (nSPS) is 29.4. The van der Waals surface area contributed by atoms with Gasteiger partial charge in [-0.15, -0.1) is 0 Å². The fourth-order valence-corrected chi connectivity index (χ4v) is 3.53. The van der Waals surface area contributed by atoms with Crippen LogP contribution >= 0.6 is 0 Å². The molecule has 68 valence electrons. The summed E-state index contributed by atoms with van der Waals surface area (Å²) in [6.07, 6.45) is 3.37. The molecule has 0 amide bonds. The van der Waals surface area contributed by atoms with Gasteiger partial charge in [-0.3, -0.25) is 0 Å². The summed E-state index contributed by atoms with van der Waals surface area (Å²) in [6, 6.07) is 0.909. The lowest BCUT2D eigenvalue weighted by Gasteiger charge is -2.29. The Bertz CT molecular complexity index is 185. The molecule has 0 bridgehead atoms. The molecule has 3 nitrogen and oxygen atoms in total. The fraction of sp³-hybridized carbons (Fsp3) is 0.625. The maximum absolute atomic E-state index is 10.9. The highest BCUT2D eigenvalue weighted by atomic mass is 28.4. The van der Waals surface area contributed by atoms with Crippen LogP contribution in [0.5, 0.6) is 0 Å². The van der Waals surface area contributed by atoms with E-state index in [1.807, 2.05) is 6.55 Å². The molecule has 0 N–H and O–H groups in total. The molecule has 4 heteroatoms. The van der Waals surface area contributed by atoms with E-state index < -0.39 is 8.56 Å². The lowest BCUT2D eigenvalue weighted by molar-refractivity contribution is -0.131. The van der Waals surface area contributed by atoms with E-state index in [0.717, 1.165) is 25.5 Å². The Morgan fingerprint density at radius 3 is 2.92 bits per heavy atom.